The number of hydrogen-bond donors (Lipinski definition) is 2. The van der Waals surface area contributed by atoms with Crippen LogP contribution >= 0.6 is 0 Å². The lowest BCUT2D eigenvalue weighted by atomic mass is 10.2. The highest BCUT2D eigenvalue weighted by molar-refractivity contribution is 7.89. The molecule has 0 bridgehead atoms. The number of nitrogens with one attached hydrogen (secondary N) is 1. The van der Waals surface area contributed by atoms with Gasteiger partial charge >= 0.3 is 5.76 Å². The van der Waals surface area contributed by atoms with Crippen LogP contribution in [0.15, 0.2) is 56.6 Å². The van der Waals surface area contributed by atoms with E-state index in [4.69, 9.17) is 9.15 Å². The summed E-state index contributed by atoms with van der Waals surface area (Å²) in [5, 5.41) is 9.97. The Balaban J connectivity index is 1.62. The van der Waals surface area contributed by atoms with Crippen molar-refractivity contribution in [2.24, 2.45) is 7.05 Å². The van der Waals surface area contributed by atoms with Gasteiger partial charge in [0.15, 0.2) is 5.58 Å². The minimum atomic E-state index is -3.88. The fraction of sp³-hybridized carbons (Fsp3) is 0.278. The quantitative estimate of drug-likeness (QED) is 0.624. The second-order valence-electron chi connectivity index (χ2n) is 6.19. The molecule has 1 heterocycles. The summed E-state index contributed by atoms with van der Waals surface area (Å²) in [6.45, 7) is 1.68. The maximum Gasteiger partial charge on any atom is 0.419 e. The van der Waals surface area contributed by atoms with Crippen LogP contribution in [0.2, 0.25) is 0 Å². The van der Waals surface area contributed by atoms with E-state index < -0.39 is 21.9 Å². The molecule has 0 fully saturated rings. The van der Waals surface area contributed by atoms with Gasteiger partial charge in [0.05, 0.1) is 10.4 Å². The van der Waals surface area contributed by atoms with Crippen molar-refractivity contribution < 1.29 is 22.7 Å². The van der Waals surface area contributed by atoms with Crippen molar-refractivity contribution in [3.63, 3.8) is 0 Å². The summed E-state index contributed by atoms with van der Waals surface area (Å²) in [5.74, 6) is 0.0169. The maximum absolute atomic E-state index is 12.4. The highest BCUT2D eigenvalue weighted by Crippen LogP contribution is 2.18. The topological polar surface area (TPSA) is 111 Å². The van der Waals surface area contributed by atoms with Gasteiger partial charge in [-0.3, -0.25) is 4.57 Å². The van der Waals surface area contributed by atoms with Gasteiger partial charge in [0, 0.05) is 19.7 Å². The Kier molecular flexibility index (Phi) is 5.36. The molecule has 0 aliphatic heterocycles. The predicted octanol–water partition coefficient (Wildman–Crippen LogP) is 1.16. The van der Waals surface area contributed by atoms with E-state index in [9.17, 15) is 18.3 Å². The molecule has 1 unspecified atom stereocenters. The highest BCUT2D eigenvalue weighted by Gasteiger charge is 2.18. The molecular weight excluding hydrogens is 372 g/mol. The Morgan fingerprint density at radius 1 is 1.22 bits per heavy atom. The fourth-order valence-corrected chi connectivity index (χ4v) is 3.54. The van der Waals surface area contributed by atoms with Crippen molar-refractivity contribution in [3.8, 4) is 5.75 Å². The van der Waals surface area contributed by atoms with Gasteiger partial charge in [-0.2, -0.15) is 0 Å². The molecule has 144 valence electrons. The molecule has 0 aliphatic carbocycles. The number of nitrogens with zero attached hydrogens (tertiary/aromatic N) is 1. The third-order valence-electron chi connectivity index (χ3n) is 4.05. The molecule has 2 N–H and O–H groups in total. The van der Waals surface area contributed by atoms with E-state index in [0.717, 1.165) is 5.56 Å². The Bertz CT molecular complexity index is 1100. The van der Waals surface area contributed by atoms with E-state index >= 15 is 0 Å². The zero-order valence-corrected chi connectivity index (χ0v) is 15.7. The summed E-state index contributed by atoms with van der Waals surface area (Å²) in [6, 6.07) is 11.4. The average molecular weight is 392 g/mol. The molecular formula is C18H20N2O6S. The first-order valence-electron chi connectivity index (χ1n) is 8.23. The monoisotopic (exact) mass is 392 g/mol. The molecule has 9 heteroatoms. The van der Waals surface area contributed by atoms with Crippen LogP contribution in [-0.2, 0) is 17.1 Å². The molecule has 1 atom stereocenters. The van der Waals surface area contributed by atoms with E-state index in [1.165, 1.54) is 29.8 Å². The van der Waals surface area contributed by atoms with Gasteiger partial charge in [0.25, 0.3) is 0 Å². The Morgan fingerprint density at radius 2 is 1.93 bits per heavy atom. The van der Waals surface area contributed by atoms with Gasteiger partial charge in [-0.1, -0.05) is 17.7 Å². The Labute approximate surface area is 156 Å². The van der Waals surface area contributed by atoms with Crippen LogP contribution in [0.25, 0.3) is 11.1 Å². The van der Waals surface area contributed by atoms with E-state index in [-0.39, 0.29) is 23.6 Å². The standard InChI is InChI=1S/C18H20N2O6S/c1-12-3-5-14(6-4-12)25-11-13(21)10-19-27(23,24)15-7-8-16-17(9-15)26-18(22)20(16)2/h3-9,13,19,21H,10-11H2,1-2H3. The van der Waals surface area contributed by atoms with Crippen molar-refractivity contribution in [1.29, 1.82) is 0 Å². The van der Waals surface area contributed by atoms with Crippen molar-refractivity contribution in [3.05, 3.63) is 58.6 Å². The summed E-state index contributed by atoms with van der Waals surface area (Å²) in [6.07, 6.45) is -1.03. The van der Waals surface area contributed by atoms with Gasteiger partial charge in [0.1, 0.15) is 18.5 Å². The van der Waals surface area contributed by atoms with Crippen LogP contribution in [0, 0.1) is 6.92 Å². The van der Waals surface area contributed by atoms with Crippen molar-refractivity contribution >= 4 is 21.1 Å². The molecule has 0 saturated heterocycles. The number of sulfonamides is 1. The van der Waals surface area contributed by atoms with Gasteiger partial charge < -0.3 is 14.3 Å². The normalized spacial score (nSPS) is 13.0. The lowest BCUT2D eigenvalue weighted by Crippen LogP contribution is -2.35. The lowest BCUT2D eigenvalue weighted by Gasteiger charge is -2.13. The minimum Gasteiger partial charge on any atom is -0.491 e. The number of aliphatic hydroxyl groups is 1. The van der Waals surface area contributed by atoms with Crippen LogP contribution in [0.5, 0.6) is 5.75 Å². The van der Waals surface area contributed by atoms with E-state index in [1.54, 1.807) is 12.1 Å². The van der Waals surface area contributed by atoms with Crippen LogP contribution in [0.3, 0.4) is 0 Å². The minimum absolute atomic E-state index is 0.0574. The molecule has 8 nitrogen and oxygen atoms in total. The number of rotatable bonds is 7. The fourth-order valence-electron chi connectivity index (χ4n) is 2.46. The third kappa shape index (κ3) is 4.38. The summed E-state index contributed by atoms with van der Waals surface area (Å²) >= 11 is 0. The van der Waals surface area contributed by atoms with Crippen molar-refractivity contribution in [2.75, 3.05) is 13.2 Å². The van der Waals surface area contributed by atoms with Gasteiger partial charge in [-0.15, -0.1) is 0 Å². The first kappa shape index (κ1) is 19.2. The smallest absolute Gasteiger partial charge is 0.419 e. The first-order valence-corrected chi connectivity index (χ1v) is 9.71. The van der Waals surface area contributed by atoms with Crippen LogP contribution < -0.4 is 15.2 Å². The maximum atomic E-state index is 12.4. The summed E-state index contributed by atoms with van der Waals surface area (Å²) in [7, 11) is -2.34. The lowest BCUT2D eigenvalue weighted by molar-refractivity contribution is 0.111. The number of aliphatic hydroxyl groups excluding tert-OH is 1. The third-order valence-corrected chi connectivity index (χ3v) is 5.47. The second kappa shape index (κ2) is 7.55. The van der Waals surface area contributed by atoms with Gasteiger partial charge in [0.2, 0.25) is 10.0 Å². The molecule has 3 aromatic rings. The Morgan fingerprint density at radius 3 is 2.63 bits per heavy atom. The van der Waals surface area contributed by atoms with Gasteiger partial charge in [-0.25, -0.2) is 17.9 Å². The van der Waals surface area contributed by atoms with E-state index in [0.29, 0.717) is 11.3 Å². The molecule has 3 rings (SSSR count). The number of aromatic nitrogens is 1. The zero-order chi connectivity index (χ0) is 19.6. The number of aryl methyl sites for hydroxylation is 2. The average Bonchev–Trinajstić information content (AvgIpc) is 2.93. The first-order chi connectivity index (χ1) is 12.8. The summed E-state index contributed by atoms with van der Waals surface area (Å²) in [5.41, 5.74) is 1.75. The van der Waals surface area contributed by atoms with Crippen LogP contribution in [-0.4, -0.2) is 37.3 Å². The molecule has 1 aromatic heterocycles. The number of hydrogen-bond acceptors (Lipinski definition) is 6. The predicted molar refractivity (Wildman–Crippen MR) is 99.3 cm³/mol. The molecule has 2 aromatic carbocycles. The molecule has 0 amide bonds. The van der Waals surface area contributed by atoms with Gasteiger partial charge in [-0.05, 0) is 31.2 Å². The molecule has 27 heavy (non-hydrogen) atoms. The van der Waals surface area contributed by atoms with E-state index in [1.807, 2.05) is 19.1 Å². The number of benzene rings is 2. The van der Waals surface area contributed by atoms with E-state index in [2.05, 4.69) is 4.72 Å². The Hall–Kier alpha value is -2.62. The SMILES string of the molecule is Cc1ccc(OCC(O)CNS(=O)(=O)c2ccc3c(c2)oc(=O)n3C)cc1. The second-order valence-corrected chi connectivity index (χ2v) is 7.95. The number of oxazole rings is 1. The molecule has 0 aliphatic rings. The number of fused-ring (bicyclic) bond motifs is 1. The summed E-state index contributed by atoms with van der Waals surface area (Å²) < 4.78 is 38.8. The largest absolute Gasteiger partial charge is 0.491 e. The number of ether oxygens (including phenoxy) is 1. The highest BCUT2D eigenvalue weighted by atomic mass is 32.2. The summed E-state index contributed by atoms with van der Waals surface area (Å²) in [4.78, 5) is 11.4. The molecule has 0 spiro atoms. The molecule has 0 radical (unpaired) electrons. The van der Waals surface area contributed by atoms with Crippen molar-refractivity contribution in [2.45, 2.75) is 17.9 Å². The van der Waals surface area contributed by atoms with Crippen LogP contribution in [0.1, 0.15) is 5.56 Å². The van der Waals surface area contributed by atoms with Crippen LogP contribution in [0.4, 0.5) is 0 Å². The van der Waals surface area contributed by atoms with Crippen molar-refractivity contribution in [1.82, 2.24) is 9.29 Å². The zero-order valence-electron chi connectivity index (χ0n) is 14.9. The molecule has 0 saturated carbocycles.